The molecule has 0 saturated heterocycles. The molecule has 0 bridgehead atoms. The fourth-order valence-electron chi connectivity index (χ4n) is 3.63. The SMILES string of the molecule is Cc1ccc(-c2nc(NC3CCCC[C@@H]3N)c(F)c3c2C(=O)NC3)s1. The summed E-state index contributed by atoms with van der Waals surface area (Å²) in [4.78, 5) is 18.7. The Kier molecular flexibility index (Phi) is 4.21. The van der Waals surface area contributed by atoms with E-state index in [4.69, 9.17) is 5.73 Å². The monoisotopic (exact) mass is 360 g/mol. The fraction of sp³-hybridized carbons (Fsp3) is 0.444. The van der Waals surface area contributed by atoms with E-state index in [0.29, 0.717) is 16.8 Å². The Bertz CT molecular complexity index is 835. The molecule has 132 valence electrons. The van der Waals surface area contributed by atoms with Crippen molar-refractivity contribution in [3.8, 4) is 10.6 Å². The van der Waals surface area contributed by atoms with Crippen molar-refractivity contribution in [2.45, 2.75) is 51.2 Å². The van der Waals surface area contributed by atoms with Crippen LogP contribution in [0.15, 0.2) is 12.1 Å². The van der Waals surface area contributed by atoms with Gasteiger partial charge < -0.3 is 16.4 Å². The topological polar surface area (TPSA) is 80.0 Å². The van der Waals surface area contributed by atoms with Crippen LogP contribution in [0.1, 0.15) is 46.5 Å². The van der Waals surface area contributed by atoms with Crippen LogP contribution in [-0.4, -0.2) is 23.0 Å². The number of carbonyl (C=O) groups is 1. The number of nitrogens with two attached hydrogens (primary N) is 1. The van der Waals surface area contributed by atoms with Crippen LogP contribution in [0.2, 0.25) is 0 Å². The van der Waals surface area contributed by atoms with E-state index in [1.807, 2.05) is 19.1 Å². The highest BCUT2D eigenvalue weighted by Gasteiger charge is 2.32. The van der Waals surface area contributed by atoms with Crippen LogP contribution in [0.4, 0.5) is 10.2 Å². The van der Waals surface area contributed by atoms with Crippen molar-refractivity contribution in [1.29, 1.82) is 0 Å². The van der Waals surface area contributed by atoms with Crippen LogP contribution >= 0.6 is 11.3 Å². The van der Waals surface area contributed by atoms with Gasteiger partial charge in [0.1, 0.15) is 0 Å². The normalized spacial score (nSPS) is 22.6. The second kappa shape index (κ2) is 6.38. The predicted octanol–water partition coefficient (Wildman–Crippen LogP) is 3.18. The lowest BCUT2D eigenvalue weighted by atomic mass is 9.91. The Morgan fingerprint density at radius 2 is 2.16 bits per heavy atom. The van der Waals surface area contributed by atoms with E-state index >= 15 is 0 Å². The van der Waals surface area contributed by atoms with Crippen molar-refractivity contribution in [3.05, 3.63) is 34.0 Å². The Labute approximate surface area is 149 Å². The summed E-state index contributed by atoms with van der Waals surface area (Å²) in [6, 6.07) is 3.92. The van der Waals surface area contributed by atoms with Crippen molar-refractivity contribution in [2.24, 2.45) is 5.73 Å². The Morgan fingerprint density at radius 3 is 2.88 bits per heavy atom. The maximum atomic E-state index is 15.0. The largest absolute Gasteiger partial charge is 0.363 e. The molecule has 2 aliphatic rings. The molecule has 4 N–H and O–H groups in total. The zero-order chi connectivity index (χ0) is 17.6. The van der Waals surface area contributed by atoms with Gasteiger partial charge in [-0.25, -0.2) is 9.37 Å². The number of pyridine rings is 1. The lowest BCUT2D eigenvalue weighted by molar-refractivity contribution is 0.0966. The van der Waals surface area contributed by atoms with Gasteiger partial charge in [0.05, 0.1) is 16.1 Å². The highest BCUT2D eigenvalue weighted by Crippen LogP contribution is 2.36. The van der Waals surface area contributed by atoms with E-state index in [1.54, 1.807) is 11.3 Å². The van der Waals surface area contributed by atoms with Crippen LogP contribution in [-0.2, 0) is 6.54 Å². The molecule has 2 atom stereocenters. The molecule has 5 nitrogen and oxygen atoms in total. The number of halogens is 1. The Hall–Kier alpha value is -1.99. The Balaban J connectivity index is 1.79. The molecule has 1 fully saturated rings. The molecule has 1 aliphatic heterocycles. The standard InChI is InChI=1S/C18H21FN4OS/c1-9-6-7-13(25-9)16-14-10(8-21-18(14)24)15(19)17(23-16)22-12-5-3-2-4-11(12)20/h6-7,11-12H,2-5,8,20H2,1H3,(H,21,24)(H,22,23)/t11-,12?/m0/s1. The van der Waals surface area contributed by atoms with Crippen LogP contribution in [0.25, 0.3) is 10.6 Å². The number of anilines is 1. The number of aromatic nitrogens is 1. The summed E-state index contributed by atoms with van der Waals surface area (Å²) in [6.07, 6.45) is 4.03. The summed E-state index contributed by atoms with van der Waals surface area (Å²) in [5.41, 5.74) is 7.49. The number of fused-ring (bicyclic) bond motifs is 1. The summed E-state index contributed by atoms with van der Waals surface area (Å²) in [5, 5.41) is 5.93. The molecule has 25 heavy (non-hydrogen) atoms. The maximum absolute atomic E-state index is 15.0. The second-order valence-corrected chi connectivity index (χ2v) is 8.06. The molecular formula is C18H21FN4OS. The van der Waals surface area contributed by atoms with Crippen molar-refractivity contribution < 1.29 is 9.18 Å². The van der Waals surface area contributed by atoms with Gasteiger partial charge >= 0.3 is 0 Å². The van der Waals surface area contributed by atoms with Gasteiger partial charge in [-0.15, -0.1) is 11.3 Å². The molecule has 0 aromatic carbocycles. The molecule has 2 aromatic heterocycles. The zero-order valence-electron chi connectivity index (χ0n) is 14.1. The van der Waals surface area contributed by atoms with E-state index in [9.17, 15) is 9.18 Å². The number of aryl methyl sites for hydroxylation is 1. The second-order valence-electron chi connectivity index (χ2n) is 6.77. The molecule has 0 radical (unpaired) electrons. The third-order valence-corrected chi connectivity index (χ3v) is 6.01. The predicted molar refractivity (Wildman–Crippen MR) is 97.3 cm³/mol. The van der Waals surface area contributed by atoms with Gasteiger partial charge in [0.25, 0.3) is 5.91 Å². The fourth-order valence-corrected chi connectivity index (χ4v) is 4.49. The minimum Gasteiger partial charge on any atom is -0.363 e. The molecular weight excluding hydrogens is 339 g/mol. The van der Waals surface area contributed by atoms with Crippen molar-refractivity contribution in [1.82, 2.24) is 10.3 Å². The number of nitrogens with zero attached hydrogens (tertiary/aromatic N) is 1. The first-order chi connectivity index (χ1) is 12.0. The summed E-state index contributed by atoms with van der Waals surface area (Å²) in [5.74, 6) is -0.495. The number of hydrogen-bond acceptors (Lipinski definition) is 5. The van der Waals surface area contributed by atoms with Crippen LogP contribution < -0.4 is 16.4 Å². The quantitative estimate of drug-likeness (QED) is 0.785. The highest BCUT2D eigenvalue weighted by atomic mass is 32.1. The number of hydrogen-bond donors (Lipinski definition) is 3. The minimum atomic E-state index is -0.442. The molecule has 1 aliphatic carbocycles. The molecule has 3 heterocycles. The van der Waals surface area contributed by atoms with Gasteiger partial charge in [0.2, 0.25) is 0 Å². The van der Waals surface area contributed by atoms with Crippen LogP contribution in [0.5, 0.6) is 0 Å². The third-order valence-electron chi connectivity index (χ3n) is 5.00. The number of nitrogens with one attached hydrogen (secondary N) is 2. The van der Waals surface area contributed by atoms with Crippen molar-refractivity contribution in [2.75, 3.05) is 5.32 Å². The average Bonchev–Trinajstić information content (AvgIpc) is 3.19. The van der Waals surface area contributed by atoms with E-state index in [1.165, 1.54) is 0 Å². The molecule has 1 unspecified atom stereocenters. The van der Waals surface area contributed by atoms with Crippen LogP contribution in [0, 0.1) is 12.7 Å². The molecule has 1 saturated carbocycles. The number of amides is 1. The van der Waals surface area contributed by atoms with Gasteiger partial charge in [-0.1, -0.05) is 12.8 Å². The number of thiophene rings is 1. The van der Waals surface area contributed by atoms with Crippen molar-refractivity contribution in [3.63, 3.8) is 0 Å². The van der Waals surface area contributed by atoms with Gasteiger partial charge in [-0.05, 0) is 31.9 Å². The van der Waals surface area contributed by atoms with Crippen molar-refractivity contribution >= 4 is 23.1 Å². The van der Waals surface area contributed by atoms with E-state index < -0.39 is 5.82 Å². The van der Waals surface area contributed by atoms with E-state index in [2.05, 4.69) is 15.6 Å². The van der Waals surface area contributed by atoms with Gasteiger partial charge in [0, 0.05) is 29.1 Å². The van der Waals surface area contributed by atoms with E-state index in [-0.39, 0.29) is 30.4 Å². The first-order valence-electron chi connectivity index (χ1n) is 8.64. The zero-order valence-corrected chi connectivity index (χ0v) is 14.9. The smallest absolute Gasteiger partial charge is 0.254 e. The van der Waals surface area contributed by atoms with Gasteiger partial charge in [-0.2, -0.15) is 0 Å². The number of carbonyl (C=O) groups excluding carboxylic acids is 1. The summed E-state index contributed by atoms with van der Waals surface area (Å²) >= 11 is 1.55. The third kappa shape index (κ3) is 2.91. The lowest BCUT2D eigenvalue weighted by Gasteiger charge is -2.30. The molecule has 0 spiro atoms. The first-order valence-corrected chi connectivity index (χ1v) is 9.45. The maximum Gasteiger partial charge on any atom is 0.254 e. The minimum absolute atomic E-state index is 0.00427. The first kappa shape index (κ1) is 16.5. The highest BCUT2D eigenvalue weighted by molar-refractivity contribution is 7.15. The number of rotatable bonds is 3. The summed E-state index contributed by atoms with van der Waals surface area (Å²) < 4.78 is 15.0. The summed E-state index contributed by atoms with van der Waals surface area (Å²) in [6.45, 7) is 2.20. The molecule has 1 amide bonds. The van der Waals surface area contributed by atoms with E-state index in [0.717, 1.165) is 35.4 Å². The molecule has 7 heteroatoms. The van der Waals surface area contributed by atoms with Crippen LogP contribution in [0.3, 0.4) is 0 Å². The van der Waals surface area contributed by atoms with Gasteiger partial charge in [0.15, 0.2) is 11.6 Å². The average molecular weight is 360 g/mol. The Morgan fingerprint density at radius 1 is 1.36 bits per heavy atom. The van der Waals surface area contributed by atoms with Gasteiger partial charge in [-0.3, -0.25) is 4.79 Å². The molecule has 4 rings (SSSR count). The lowest BCUT2D eigenvalue weighted by Crippen LogP contribution is -2.43. The summed E-state index contributed by atoms with van der Waals surface area (Å²) in [7, 11) is 0. The molecule has 2 aromatic rings.